The Morgan fingerprint density at radius 1 is 1.56 bits per heavy atom. The third-order valence-electron chi connectivity index (χ3n) is 1.82. The summed E-state index contributed by atoms with van der Waals surface area (Å²) in [4.78, 5) is 16.0. The van der Waals surface area contributed by atoms with Crippen LogP contribution in [0.3, 0.4) is 0 Å². The maximum Gasteiger partial charge on any atom is 0.358 e. The highest BCUT2D eigenvalue weighted by Crippen LogP contribution is 2.36. The molecule has 0 unspecified atom stereocenters. The predicted molar refractivity (Wildman–Crippen MR) is 66.6 cm³/mol. The number of furan rings is 1. The highest BCUT2D eigenvalue weighted by atomic mass is 79.9. The third kappa shape index (κ3) is 2.07. The molecule has 16 heavy (non-hydrogen) atoms. The van der Waals surface area contributed by atoms with Gasteiger partial charge in [-0.2, -0.15) is 0 Å². The smallest absolute Gasteiger partial charge is 0.358 e. The van der Waals surface area contributed by atoms with Gasteiger partial charge in [0, 0.05) is 6.07 Å². The molecule has 0 bridgehead atoms. The fourth-order valence-electron chi connectivity index (χ4n) is 1.12. The minimum atomic E-state index is -0.472. The summed E-state index contributed by atoms with van der Waals surface area (Å²) < 4.78 is 11.4. The van der Waals surface area contributed by atoms with Gasteiger partial charge >= 0.3 is 5.97 Å². The van der Waals surface area contributed by atoms with Crippen molar-refractivity contribution in [2.75, 3.05) is 7.11 Å². The molecule has 2 rings (SSSR count). The molecular formula is C9H5Br2NO3S. The third-order valence-corrected chi connectivity index (χ3v) is 4.37. The number of thiazole rings is 1. The standard InChI is InChI=1S/C9H5Br2NO3S/c1-14-9(13)6-7(16-3-12-6)5-2-4(10)8(11)15-5/h2-3H,1H3. The van der Waals surface area contributed by atoms with Crippen LogP contribution in [0.25, 0.3) is 10.6 Å². The summed E-state index contributed by atoms with van der Waals surface area (Å²) >= 11 is 7.86. The molecule has 0 spiro atoms. The first-order valence-electron chi connectivity index (χ1n) is 4.10. The minimum absolute atomic E-state index is 0.265. The molecule has 0 aliphatic rings. The first-order valence-corrected chi connectivity index (χ1v) is 6.57. The maximum atomic E-state index is 11.4. The summed E-state index contributed by atoms with van der Waals surface area (Å²) in [6, 6.07) is 1.77. The van der Waals surface area contributed by atoms with Gasteiger partial charge in [-0.1, -0.05) is 0 Å². The van der Waals surface area contributed by atoms with Gasteiger partial charge in [-0.05, 0) is 31.9 Å². The van der Waals surface area contributed by atoms with Crippen LogP contribution in [-0.4, -0.2) is 18.1 Å². The Labute approximate surface area is 112 Å². The Kier molecular flexibility index (Phi) is 3.46. The number of hydrogen-bond donors (Lipinski definition) is 0. The van der Waals surface area contributed by atoms with Gasteiger partial charge in [-0.3, -0.25) is 0 Å². The van der Waals surface area contributed by atoms with E-state index in [1.165, 1.54) is 18.4 Å². The predicted octanol–water partition coefficient (Wildman–Crippen LogP) is 3.71. The van der Waals surface area contributed by atoms with Crippen molar-refractivity contribution < 1.29 is 13.9 Å². The zero-order valence-corrected chi connectivity index (χ0v) is 12.0. The molecule has 0 saturated carbocycles. The van der Waals surface area contributed by atoms with Crippen LogP contribution in [0.1, 0.15) is 10.5 Å². The molecule has 2 aromatic rings. The lowest BCUT2D eigenvalue weighted by atomic mass is 10.3. The van der Waals surface area contributed by atoms with Gasteiger partial charge in [0.1, 0.15) is 10.6 Å². The second-order valence-corrected chi connectivity index (χ2v) is 5.18. The van der Waals surface area contributed by atoms with E-state index in [-0.39, 0.29) is 5.69 Å². The second-order valence-electron chi connectivity index (χ2n) is 2.75. The van der Waals surface area contributed by atoms with E-state index in [1.54, 1.807) is 11.6 Å². The number of nitrogens with zero attached hydrogens (tertiary/aromatic N) is 1. The molecular weight excluding hydrogens is 362 g/mol. The van der Waals surface area contributed by atoms with Crippen molar-refractivity contribution in [3.8, 4) is 10.6 Å². The Balaban J connectivity index is 2.48. The minimum Gasteiger partial charge on any atom is -0.464 e. The van der Waals surface area contributed by atoms with E-state index in [0.29, 0.717) is 15.3 Å². The summed E-state index contributed by atoms with van der Waals surface area (Å²) in [5.74, 6) is 0.0987. The van der Waals surface area contributed by atoms with Crippen molar-refractivity contribution in [1.82, 2.24) is 4.98 Å². The molecule has 0 atom stereocenters. The Morgan fingerprint density at radius 3 is 2.88 bits per heavy atom. The average Bonchev–Trinajstić information content (AvgIpc) is 2.85. The molecule has 0 aliphatic carbocycles. The van der Waals surface area contributed by atoms with Crippen LogP contribution in [0.5, 0.6) is 0 Å². The van der Waals surface area contributed by atoms with Crippen molar-refractivity contribution in [3.63, 3.8) is 0 Å². The molecule has 0 amide bonds. The second kappa shape index (κ2) is 4.68. The van der Waals surface area contributed by atoms with E-state index < -0.39 is 5.97 Å². The summed E-state index contributed by atoms with van der Waals surface area (Å²) in [6.45, 7) is 0. The van der Waals surface area contributed by atoms with Gasteiger partial charge in [0.25, 0.3) is 0 Å². The van der Waals surface area contributed by atoms with Crippen LogP contribution < -0.4 is 0 Å². The maximum absolute atomic E-state index is 11.4. The molecule has 84 valence electrons. The number of aromatic nitrogens is 1. The average molecular weight is 367 g/mol. The summed E-state index contributed by atoms with van der Waals surface area (Å²) in [7, 11) is 1.32. The number of ether oxygens (including phenoxy) is 1. The van der Waals surface area contributed by atoms with Gasteiger partial charge in [0.15, 0.2) is 10.4 Å². The molecule has 0 aliphatic heterocycles. The molecule has 0 saturated heterocycles. The topological polar surface area (TPSA) is 52.3 Å². The Morgan fingerprint density at radius 2 is 2.31 bits per heavy atom. The van der Waals surface area contributed by atoms with Crippen molar-refractivity contribution in [1.29, 1.82) is 0 Å². The lowest BCUT2D eigenvalue weighted by Crippen LogP contribution is -2.02. The summed E-state index contributed by atoms with van der Waals surface area (Å²) in [5, 5.41) is 0. The largest absolute Gasteiger partial charge is 0.464 e. The van der Waals surface area contributed by atoms with E-state index in [1.807, 2.05) is 0 Å². The number of hydrogen-bond acceptors (Lipinski definition) is 5. The van der Waals surface area contributed by atoms with E-state index in [2.05, 4.69) is 41.6 Å². The Bertz CT molecular complexity index is 515. The molecule has 0 N–H and O–H groups in total. The highest BCUT2D eigenvalue weighted by molar-refractivity contribution is 9.13. The first kappa shape index (κ1) is 11.8. The van der Waals surface area contributed by atoms with Gasteiger partial charge in [0.2, 0.25) is 0 Å². The first-order chi connectivity index (χ1) is 7.63. The van der Waals surface area contributed by atoms with Gasteiger partial charge in [-0.25, -0.2) is 9.78 Å². The molecule has 0 fully saturated rings. The molecule has 0 aromatic carbocycles. The van der Waals surface area contributed by atoms with Crippen LogP contribution in [0.15, 0.2) is 25.1 Å². The van der Waals surface area contributed by atoms with Gasteiger partial charge < -0.3 is 9.15 Å². The lowest BCUT2D eigenvalue weighted by molar-refractivity contribution is 0.0595. The number of methoxy groups -OCH3 is 1. The van der Waals surface area contributed by atoms with E-state index >= 15 is 0 Å². The molecule has 4 nitrogen and oxygen atoms in total. The van der Waals surface area contributed by atoms with E-state index in [9.17, 15) is 4.79 Å². The quantitative estimate of drug-likeness (QED) is 0.760. The van der Waals surface area contributed by atoms with Crippen LogP contribution in [-0.2, 0) is 4.74 Å². The van der Waals surface area contributed by atoms with Crippen LogP contribution in [0.4, 0.5) is 0 Å². The number of halogens is 2. The number of carbonyl (C=O) groups is 1. The molecule has 2 aromatic heterocycles. The number of esters is 1. The molecule has 7 heteroatoms. The molecule has 0 radical (unpaired) electrons. The van der Waals surface area contributed by atoms with E-state index in [0.717, 1.165) is 4.47 Å². The fourth-order valence-corrected chi connectivity index (χ4v) is 2.43. The van der Waals surface area contributed by atoms with Crippen LogP contribution >= 0.6 is 43.2 Å². The lowest BCUT2D eigenvalue weighted by Gasteiger charge is -1.96. The van der Waals surface area contributed by atoms with Gasteiger partial charge in [0.05, 0.1) is 17.1 Å². The van der Waals surface area contributed by atoms with Gasteiger partial charge in [-0.15, -0.1) is 11.3 Å². The van der Waals surface area contributed by atoms with Crippen molar-refractivity contribution in [2.45, 2.75) is 0 Å². The number of rotatable bonds is 2. The normalized spacial score (nSPS) is 10.4. The van der Waals surface area contributed by atoms with Crippen LogP contribution in [0.2, 0.25) is 0 Å². The van der Waals surface area contributed by atoms with Crippen molar-refractivity contribution in [3.05, 3.63) is 26.4 Å². The molecule has 2 heterocycles. The summed E-state index contributed by atoms with van der Waals surface area (Å²) in [6.07, 6.45) is 0. The van der Waals surface area contributed by atoms with Crippen LogP contribution in [0, 0.1) is 0 Å². The zero-order valence-electron chi connectivity index (χ0n) is 7.99. The SMILES string of the molecule is COC(=O)c1ncsc1-c1cc(Br)c(Br)o1. The monoisotopic (exact) mass is 365 g/mol. The van der Waals surface area contributed by atoms with Crippen molar-refractivity contribution in [2.24, 2.45) is 0 Å². The Hall–Kier alpha value is -0.660. The zero-order chi connectivity index (χ0) is 11.7. The number of carbonyl (C=O) groups excluding carboxylic acids is 1. The highest BCUT2D eigenvalue weighted by Gasteiger charge is 2.20. The summed E-state index contributed by atoms with van der Waals surface area (Å²) in [5.41, 5.74) is 1.84. The van der Waals surface area contributed by atoms with E-state index in [4.69, 9.17) is 4.42 Å². The van der Waals surface area contributed by atoms with Crippen molar-refractivity contribution >= 4 is 49.2 Å². The fraction of sp³-hybridized carbons (Fsp3) is 0.111.